The highest BCUT2D eigenvalue weighted by Gasteiger charge is 2.25. The Hall–Kier alpha value is -2.60. The molecule has 6 heteroatoms. The number of hydrogen-bond donors (Lipinski definition) is 2. The van der Waals surface area contributed by atoms with Gasteiger partial charge in [-0.1, -0.05) is 29.8 Å². The van der Waals surface area contributed by atoms with Gasteiger partial charge in [-0.05, 0) is 38.0 Å². The summed E-state index contributed by atoms with van der Waals surface area (Å²) < 4.78 is 7.01. The molecule has 2 aromatic rings. The lowest BCUT2D eigenvalue weighted by Crippen LogP contribution is -2.42. The number of amides is 2. The summed E-state index contributed by atoms with van der Waals surface area (Å²) >= 11 is 0. The molecule has 25 heavy (non-hydrogen) atoms. The molecule has 0 radical (unpaired) electrons. The van der Waals surface area contributed by atoms with Crippen molar-refractivity contribution in [1.29, 1.82) is 0 Å². The van der Waals surface area contributed by atoms with Crippen LogP contribution in [0, 0.1) is 6.92 Å². The van der Waals surface area contributed by atoms with Crippen LogP contribution in [0.25, 0.3) is 0 Å². The van der Waals surface area contributed by atoms with Crippen LogP contribution in [-0.4, -0.2) is 29.4 Å². The van der Waals surface area contributed by atoms with E-state index in [4.69, 9.17) is 4.74 Å². The Labute approximate surface area is 146 Å². The van der Waals surface area contributed by atoms with Crippen LogP contribution in [0.4, 0.5) is 10.5 Å². The maximum Gasteiger partial charge on any atom is 0.319 e. The molecule has 1 aliphatic heterocycles. The van der Waals surface area contributed by atoms with E-state index >= 15 is 0 Å². The minimum atomic E-state index is -0.382. The average Bonchev–Trinajstić information content (AvgIpc) is 2.98. The second kappa shape index (κ2) is 7.53. The normalized spacial score (nSPS) is 19.6. The number of rotatable bonds is 4. The van der Waals surface area contributed by atoms with E-state index in [2.05, 4.69) is 10.6 Å². The number of ether oxygens (including phenoxy) is 1. The highest BCUT2D eigenvalue weighted by Crippen LogP contribution is 2.12. The molecule has 0 bridgehead atoms. The van der Waals surface area contributed by atoms with Gasteiger partial charge in [0.05, 0.1) is 18.7 Å². The molecule has 6 nitrogen and oxygen atoms in total. The minimum absolute atomic E-state index is 0.0141. The molecule has 2 N–H and O–H groups in total. The van der Waals surface area contributed by atoms with Crippen molar-refractivity contribution < 1.29 is 9.53 Å². The van der Waals surface area contributed by atoms with Crippen LogP contribution in [0.5, 0.6) is 0 Å². The van der Waals surface area contributed by atoms with Crippen molar-refractivity contribution in [3.8, 4) is 0 Å². The van der Waals surface area contributed by atoms with Gasteiger partial charge in [-0.25, -0.2) is 4.79 Å². The van der Waals surface area contributed by atoms with E-state index in [-0.39, 0.29) is 29.4 Å². The number of carbonyl (C=O) groups excluding carboxylic acids is 1. The third kappa shape index (κ3) is 4.28. The molecule has 1 fully saturated rings. The van der Waals surface area contributed by atoms with Gasteiger partial charge in [-0.3, -0.25) is 4.79 Å². The summed E-state index contributed by atoms with van der Waals surface area (Å²) in [6, 6.07) is 11.0. The highest BCUT2D eigenvalue weighted by atomic mass is 16.5. The number of nitrogens with one attached hydrogen (secondary N) is 2. The van der Waals surface area contributed by atoms with Gasteiger partial charge in [0.15, 0.2) is 0 Å². The Morgan fingerprint density at radius 1 is 1.28 bits per heavy atom. The van der Waals surface area contributed by atoms with Crippen LogP contribution >= 0.6 is 0 Å². The summed E-state index contributed by atoms with van der Waals surface area (Å²) in [7, 11) is 0. The van der Waals surface area contributed by atoms with Crippen molar-refractivity contribution in [2.45, 2.75) is 39.0 Å². The molecule has 0 saturated carbocycles. The molecule has 1 aromatic carbocycles. The van der Waals surface area contributed by atoms with Crippen LogP contribution in [0.3, 0.4) is 0 Å². The fourth-order valence-corrected chi connectivity index (χ4v) is 2.89. The molecular weight excluding hydrogens is 318 g/mol. The Morgan fingerprint density at radius 3 is 2.72 bits per heavy atom. The Morgan fingerprint density at radius 2 is 2.04 bits per heavy atom. The molecule has 0 unspecified atom stereocenters. The molecule has 2 atom stereocenters. The molecule has 2 amide bonds. The van der Waals surface area contributed by atoms with Crippen molar-refractivity contribution in [2.24, 2.45) is 0 Å². The van der Waals surface area contributed by atoms with Crippen LogP contribution in [0.15, 0.2) is 47.4 Å². The lowest BCUT2D eigenvalue weighted by Gasteiger charge is -2.16. The van der Waals surface area contributed by atoms with Crippen molar-refractivity contribution in [3.05, 3.63) is 64.1 Å². The molecule has 1 aromatic heterocycles. The zero-order valence-corrected chi connectivity index (χ0v) is 14.5. The summed E-state index contributed by atoms with van der Waals surface area (Å²) in [5.41, 5.74) is 2.24. The lowest BCUT2D eigenvalue weighted by atomic mass is 10.1. The van der Waals surface area contributed by atoms with Gasteiger partial charge >= 0.3 is 6.03 Å². The van der Waals surface area contributed by atoms with E-state index in [1.54, 1.807) is 22.9 Å². The Kier molecular flexibility index (Phi) is 5.19. The van der Waals surface area contributed by atoms with Crippen molar-refractivity contribution >= 4 is 11.7 Å². The second-order valence-electron chi connectivity index (χ2n) is 6.41. The topological polar surface area (TPSA) is 72.4 Å². The zero-order valence-electron chi connectivity index (χ0n) is 14.5. The molecule has 0 aliphatic carbocycles. The van der Waals surface area contributed by atoms with Crippen LogP contribution in [0.1, 0.15) is 24.5 Å². The van der Waals surface area contributed by atoms with Gasteiger partial charge in [0.1, 0.15) is 5.69 Å². The van der Waals surface area contributed by atoms with E-state index in [1.165, 1.54) is 5.56 Å². The molecular formula is C19H23N3O3. The van der Waals surface area contributed by atoms with Gasteiger partial charge in [-0.15, -0.1) is 0 Å². The van der Waals surface area contributed by atoms with Gasteiger partial charge in [-0.2, -0.15) is 0 Å². The predicted octanol–water partition coefficient (Wildman–Crippen LogP) is 2.50. The molecule has 0 spiro atoms. The number of urea groups is 1. The van der Waals surface area contributed by atoms with Crippen LogP contribution in [0.2, 0.25) is 0 Å². The number of aryl methyl sites for hydroxylation is 1. The molecule has 1 saturated heterocycles. The first-order valence-corrected chi connectivity index (χ1v) is 8.47. The Balaban J connectivity index is 1.69. The number of anilines is 1. The van der Waals surface area contributed by atoms with Gasteiger partial charge < -0.3 is 19.9 Å². The number of aromatic nitrogens is 1. The first kappa shape index (κ1) is 17.2. The smallest absolute Gasteiger partial charge is 0.319 e. The van der Waals surface area contributed by atoms with Crippen molar-refractivity contribution in [2.75, 3.05) is 11.9 Å². The summed E-state index contributed by atoms with van der Waals surface area (Å²) in [6.07, 6.45) is 2.49. The first-order chi connectivity index (χ1) is 12.0. The Bertz CT molecular complexity index is 798. The second-order valence-corrected chi connectivity index (χ2v) is 6.41. The SMILES string of the molecule is Cc1ccc(Cn2cccc(NC(=O)N[C@@H]3CCO[C@@H]3C)c2=O)cc1. The standard InChI is InChI=1S/C19H23N3O3/c1-13-5-7-15(8-6-13)12-22-10-3-4-17(18(22)23)21-19(24)20-16-9-11-25-14(16)2/h3-8,10,14,16H,9,11-12H2,1-2H3,(H2,20,21,24)/t14-,16-/m1/s1. The molecule has 2 heterocycles. The monoisotopic (exact) mass is 341 g/mol. The predicted molar refractivity (Wildman–Crippen MR) is 97.0 cm³/mol. The average molecular weight is 341 g/mol. The maximum atomic E-state index is 12.6. The van der Waals surface area contributed by atoms with Crippen molar-refractivity contribution in [3.63, 3.8) is 0 Å². The minimum Gasteiger partial charge on any atom is -0.376 e. The van der Waals surface area contributed by atoms with Crippen LogP contribution < -0.4 is 16.2 Å². The molecule has 132 valence electrons. The maximum absolute atomic E-state index is 12.6. The molecule has 1 aliphatic rings. The van der Waals surface area contributed by atoms with E-state index in [0.29, 0.717) is 13.2 Å². The van der Waals surface area contributed by atoms with E-state index in [1.807, 2.05) is 38.1 Å². The van der Waals surface area contributed by atoms with E-state index < -0.39 is 0 Å². The first-order valence-electron chi connectivity index (χ1n) is 8.47. The van der Waals surface area contributed by atoms with Crippen LogP contribution in [-0.2, 0) is 11.3 Å². The number of pyridine rings is 1. The van der Waals surface area contributed by atoms with Gasteiger partial charge in [0.25, 0.3) is 5.56 Å². The zero-order chi connectivity index (χ0) is 17.8. The lowest BCUT2D eigenvalue weighted by molar-refractivity contribution is 0.114. The van der Waals surface area contributed by atoms with E-state index in [9.17, 15) is 9.59 Å². The summed E-state index contributed by atoms with van der Waals surface area (Å²) in [4.78, 5) is 24.7. The third-order valence-electron chi connectivity index (χ3n) is 4.43. The number of nitrogens with zero attached hydrogens (tertiary/aromatic N) is 1. The quantitative estimate of drug-likeness (QED) is 0.897. The number of carbonyl (C=O) groups is 1. The largest absolute Gasteiger partial charge is 0.376 e. The van der Waals surface area contributed by atoms with E-state index in [0.717, 1.165) is 12.0 Å². The van der Waals surface area contributed by atoms with Crippen molar-refractivity contribution in [1.82, 2.24) is 9.88 Å². The third-order valence-corrected chi connectivity index (χ3v) is 4.43. The fraction of sp³-hybridized carbons (Fsp3) is 0.368. The highest BCUT2D eigenvalue weighted by molar-refractivity contribution is 5.89. The summed E-state index contributed by atoms with van der Waals surface area (Å²) in [5, 5.41) is 5.51. The number of benzene rings is 1. The van der Waals surface area contributed by atoms with Gasteiger partial charge in [0, 0.05) is 12.8 Å². The number of hydrogen-bond acceptors (Lipinski definition) is 3. The summed E-state index contributed by atoms with van der Waals surface area (Å²) in [6.45, 7) is 5.05. The van der Waals surface area contributed by atoms with Gasteiger partial charge in [0.2, 0.25) is 0 Å². The summed E-state index contributed by atoms with van der Waals surface area (Å²) in [5.74, 6) is 0. The fourth-order valence-electron chi connectivity index (χ4n) is 2.89. The molecule has 3 rings (SSSR count).